The van der Waals surface area contributed by atoms with E-state index in [9.17, 15) is 0 Å². The molecule has 3 aromatic rings. The summed E-state index contributed by atoms with van der Waals surface area (Å²) in [6.07, 6.45) is 0. The predicted molar refractivity (Wildman–Crippen MR) is 91.8 cm³/mol. The molecule has 110 valence electrons. The Labute approximate surface area is 131 Å². The Bertz CT molecular complexity index is 691. The zero-order valence-corrected chi connectivity index (χ0v) is 12.5. The van der Waals surface area contributed by atoms with Gasteiger partial charge in [-0.15, -0.1) is 0 Å². The van der Waals surface area contributed by atoms with Crippen LogP contribution in [0.4, 0.5) is 0 Å². The molecular weight excluding hydrogens is 268 g/mol. The van der Waals surface area contributed by atoms with Gasteiger partial charge in [0.1, 0.15) is 0 Å². The number of hydrogen-bond donors (Lipinski definition) is 1. The van der Waals surface area contributed by atoms with Crippen molar-refractivity contribution in [2.24, 2.45) is 5.84 Å². The molecule has 3 aromatic carbocycles. The topological polar surface area (TPSA) is 29.3 Å². The van der Waals surface area contributed by atoms with Crippen LogP contribution in [0.1, 0.15) is 11.1 Å². The van der Waals surface area contributed by atoms with E-state index >= 15 is 0 Å². The van der Waals surface area contributed by atoms with Crippen molar-refractivity contribution in [2.75, 3.05) is 0 Å². The Morgan fingerprint density at radius 3 is 1.59 bits per heavy atom. The highest BCUT2D eigenvalue weighted by Crippen LogP contribution is 2.19. The number of hydrogen-bond acceptors (Lipinski definition) is 2. The maximum atomic E-state index is 6.12. The average Bonchev–Trinajstić information content (AvgIpc) is 2.57. The van der Waals surface area contributed by atoms with E-state index in [1.54, 1.807) is 0 Å². The number of nitrogens with zero attached hydrogens (tertiary/aromatic N) is 1. The second-order valence-corrected chi connectivity index (χ2v) is 5.45. The highest BCUT2D eigenvalue weighted by atomic mass is 15.4. The first kappa shape index (κ1) is 14.5. The molecular formula is C20H20N2. The van der Waals surface area contributed by atoms with Crippen molar-refractivity contribution in [1.29, 1.82) is 0 Å². The van der Waals surface area contributed by atoms with Crippen molar-refractivity contribution in [3.8, 4) is 11.1 Å². The Morgan fingerprint density at radius 1 is 0.545 bits per heavy atom. The normalized spacial score (nSPS) is 10.8. The third-order valence-corrected chi connectivity index (χ3v) is 3.68. The molecule has 0 saturated carbocycles. The summed E-state index contributed by atoms with van der Waals surface area (Å²) in [6, 6.07) is 29.3. The predicted octanol–water partition coefficient (Wildman–Crippen LogP) is 4.23. The van der Waals surface area contributed by atoms with Crippen LogP contribution in [-0.4, -0.2) is 5.01 Å². The Hall–Kier alpha value is -2.42. The minimum atomic E-state index is 0.740. The van der Waals surface area contributed by atoms with Crippen LogP contribution in [-0.2, 0) is 13.1 Å². The van der Waals surface area contributed by atoms with E-state index in [1.165, 1.54) is 22.3 Å². The first-order valence-electron chi connectivity index (χ1n) is 7.49. The SMILES string of the molecule is NN(Cc1ccccc1)Cc1ccc(-c2ccccc2)cc1. The molecule has 2 nitrogen and oxygen atoms in total. The minimum absolute atomic E-state index is 0.740. The highest BCUT2D eigenvalue weighted by molar-refractivity contribution is 5.63. The number of nitrogens with two attached hydrogens (primary N) is 1. The van der Waals surface area contributed by atoms with E-state index in [2.05, 4.69) is 60.7 Å². The lowest BCUT2D eigenvalue weighted by Gasteiger charge is -2.16. The molecule has 0 bridgehead atoms. The Kier molecular flexibility index (Phi) is 4.64. The van der Waals surface area contributed by atoms with Gasteiger partial charge in [-0.1, -0.05) is 84.9 Å². The molecule has 0 aliphatic rings. The molecule has 2 heteroatoms. The molecule has 3 rings (SSSR count). The lowest BCUT2D eigenvalue weighted by atomic mass is 10.0. The fourth-order valence-electron chi connectivity index (χ4n) is 2.54. The van der Waals surface area contributed by atoms with E-state index in [1.807, 2.05) is 29.3 Å². The molecule has 0 heterocycles. The van der Waals surface area contributed by atoms with Gasteiger partial charge in [-0.2, -0.15) is 0 Å². The minimum Gasteiger partial charge on any atom is -0.268 e. The summed E-state index contributed by atoms with van der Waals surface area (Å²) in [6.45, 7) is 1.49. The van der Waals surface area contributed by atoms with Crippen molar-refractivity contribution in [3.05, 3.63) is 96.1 Å². The van der Waals surface area contributed by atoms with Crippen molar-refractivity contribution >= 4 is 0 Å². The maximum Gasteiger partial charge on any atom is 0.0383 e. The lowest BCUT2D eigenvalue weighted by Crippen LogP contribution is -2.29. The lowest BCUT2D eigenvalue weighted by molar-refractivity contribution is 0.266. The first-order chi connectivity index (χ1) is 10.8. The smallest absolute Gasteiger partial charge is 0.0383 e. The molecule has 0 radical (unpaired) electrons. The molecule has 0 unspecified atom stereocenters. The van der Waals surface area contributed by atoms with Crippen LogP contribution in [0.2, 0.25) is 0 Å². The van der Waals surface area contributed by atoms with E-state index in [0.717, 1.165) is 13.1 Å². The molecule has 0 atom stereocenters. The molecule has 0 spiro atoms. The van der Waals surface area contributed by atoms with Gasteiger partial charge in [0.2, 0.25) is 0 Å². The molecule has 0 aliphatic carbocycles. The van der Waals surface area contributed by atoms with Gasteiger partial charge in [-0.3, -0.25) is 5.84 Å². The van der Waals surface area contributed by atoms with Gasteiger partial charge in [0.25, 0.3) is 0 Å². The summed E-state index contributed by atoms with van der Waals surface area (Å²) < 4.78 is 0. The second kappa shape index (κ2) is 7.03. The van der Waals surface area contributed by atoms with Crippen LogP contribution < -0.4 is 5.84 Å². The van der Waals surface area contributed by atoms with Gasteiger partial charge >= 0.3 is 0 Å². The summed E-state index contributed by atoms with van der Waals surface area (Å²) in [7, 11) is 0. The largest absolute Gasteiger partial charge is 0.268 e. The summed E-state index contributed by atoms with van der Waals surface area (Å²) in [5.74, 6) is 6.12. The van der Waals surface area contributed by atoms with Crippen LogP contribution in [0.5, 0.6) is 0 Å². The van der Waals surface area contributed by atoms with Crippen molar-refractivity contribution in [1.82, 2.24) is 5.01 Å². The molecule has 0 aliphatic heterocycles. The third kappa shape index (κ3) is 3.82. The summed E-state index contributed by atoms with van der Waals surface area (Å²) in [4.78, 5) is 0. The quantitative estimate of drug-likeness (QED) is 0.562. The fourth-order valence-corrected chi connectivity index (χ4v) is 2.54. The molecule has 0 saturated heterocycles. The second-order valence-electron chi connectivity index (χ2n) is 5.45. The molecule has 0 aromatic heterocycles. The van der Waals surface area contributed by atoms with Crippen LogP contribution in [0.25, 0.3) is 11.1 Å². The first-order valence-corrected chi connectivity index (χ1v) is 7.49. The van der Waals surface area contributed by atoms with Gasteiger partial charge in [-0.25, -0.2) is 5.01 Å². The van der Waals surface area contributed by atoms with Crippen LogP contribution in [0.3, 0.4) is 0 Å². The fraction of sp³-hybridized carbons (Fsp3) is 0.100. The number of rotatable bonds is 5. The van der Waals surface area contributed by atoms with Gasteiger partial charge in [0, 0.05) is 13.1 Å². The van der Waals surface area contributed by atoms with Gasteiger partial charge in [0.15, 0.2) is 0 Å². The van der Waals surface area contributed by atoms with Gasteiger partial charge < -0.3 is 0 Å². The Morgan fingerprint density at radius 2 is 1.00 bits per heavy atom. The van der Waals surface area contributed by atoms with E-state index in [4.69, 9.17) is 5.84 Å². The van der Waals surface area contributed by atoms with Crippen molar-refractivity contribution in [3.63, 3.8) is 0 Å². The third-order valence-electron chi connectivity index (χ3n) is 3.68. The standard InChI is InChI=1S/C20H20N2/c21-22(15-17-7-3-1-4-8-17)16-18-11-13-20(14-12-18)19-9-5-2-6-10-19/h1-14H,15-16,21H2. The number of benzene rings is 3. The van der Waals surface area contributed by atoms with Crippen LogP contribution in [0.15, 0.2) is 84.9 Å². The van der Waals surface area contributed by atoms with Gasteiger partial charge in [0.05, 0.1) is 0 Å². The zero-order chi connectivity index (χ0) is 15.2. The Balaban J connectivity index is 1.64. The summed E-state index contributed by atoms with van der Waals surface area (Å²) >= 11 is 0. The molecule has 0 amide bonds. The number of hydrazine groups is 1. The van der Waals surface area contributed by atoms with Crippen molar-refractivity contribution in [2.45, 2.75) is 13.1 Å². The van der Waals surface area contributed by atoms with E-state index < -0.39 is 0 Å². The summed E-state index contributed by atoms with van der Waals surface area (Å²) in [5, 5.41) is 1.84. The van der Waals surface area contributed by atoms with Crippen LogP contribution in [0, 0.1) is 0 Å². The van der Waals surface area contributed by atoms with E-state index in [-0.39, 0.29) is 0 Å². The molecule has 0 fully saturated rings. The maximum absolute atomic E-state index is 6.12. The monoisotopic (exact) mass is 288 g/mol. The summed E-state index contributed by atoms with van der Waals surface area (Å²) in [5.41, 5.74) is 4.92. The highest BCUT2D eigenvalue weighted by Gasteiger charge is 2.03. The van der Waals surface area contributed by atoms with Crippen molar-refractivity contribution < 1.29 is 0 Å². The average molecular weight is 288 g/mol. The molecule has 22 heavy (non-hydrogen) atoms. The van der Waals surface area contributed by atoms with E-state index in [0.29, 0.717) is 0 Å². The van der Waals surface area contributed by atoms with Gasteiger partial charge in [-0.05, 0) is 22.3 Å². The zero-order valence-electron chi connectivity index (χ0n) is 12.5. The molecule has 2 N–H and O–H groups in total. The van der Waals surface area contributed by atoms with Crippen LogP contribution >= 0.6 is 0 Å².